The molecule has 0 aliphatic carbocycles. The van der Waals surface area contributed by atoms with Crippen molar-refractivity contribution in [3.63, 3.8) is 0 Å². The fourth-order valence-electron chi connectivity index (χ4n) is 1.65. The first kappa shape index (κ1) is 11.6. The molecule has 2 heterocycles. The van der Waals surface area contributed by atoms with Crippen LogP contribution in [-0.2, 0) is 0 Å². The normalized spacial score (nSPS) is 10.5. The highest BCUT2D eigenvalue weighted by molar-refractivity contribution is 7.15. The van der Waals surface area contributed by atoms with Gasteiger partial charge in [-0.1, -0.05) is 12.1 Å². The number of amides is 1. The van der Waals surface area contributed by atoms with Crippen LogP contribution >= 0.6 is 11.3 Å². The van der Waals surface area contributed by atoms with Gasteiger partial charge in [0.2, 0.25) is 0 Å². The van der Waals surface area contributed by atoms with Crippen molar-refractivity contribution in [3.8, 4) is 0 Å². The van der Waals surface area contributed by atoms with Crippen molar-refractivity contribution < 1.29 is 4.79 Å². The third kappa shape index (κ3) is 2.13. The van der Waals surface area contributed by atoms with Gasteiger partial charge in [0.1, 0.15) is 5.56 Å². The van der Waals surface area contributed by atoms with Crippen LogP contribution in [0.1, 0.15) is 10.4 Å². The topological polar surface area (TPSA) is 63.5 Å². The minimum Gasteiger partial charge on any atom is -0.322 e. The molecule has 0 spiro atoms. The van der Waals surface area contributed by atoms with Crippen LogP contribution in [0.3, 0.4) is 0 Å². The molecule has 6 heteroatoms. The summed E-state index contributed by atoms with van der Waals surface area (Å²) in [5, 5.41) is 4.38. The van der Waals surface area contributed by atoms with E-state index in [1.165, 1.54) is 21.9 Å². The van der Waals surface area contributed by atoms with Gasteiger partial charge in [-0.25, -0.2) is 4.98 Å². The lowest BCUT2D eigenvalue weighted by Gasteiger charge is -2.04. The van der Waals surface area contributed by atoms with E-state index in [9.17, 15) is 9.59 Å². The van der Waals surface area contributed by atoms with Crippen LogP contribution in [-0.4, -0.2) is 15.3 Å². The number of thiazole rings is 1. The molecule has 1 radical (unpaired) electrons. The molecule has 0 fully saturated rings. The van der Waals surface area contributed by atoms with Gasteiger partial charge in [0, 0.05) is 23.5 Å². The van der Waals surface area contributed by atoms with Gasteiger partial charge in [-0.15, -0.1) is 11.3 Å². The first-order valence-corrected chi connectivity index (χ1v) is 6.36. The van der Waals surface area contributed by atoms with E-state index in [4.69, 9.17) is 0 Å². The summed E-state index contributed by atoms with van der Waals surface area (Å²) in [6, 6.07) is 9.68. The fourth-order valence-corrected chi connectivity index (χ4v) is 2.33. The van der Waals surface area contributed by atoms with Gasteiger partial charge >= 0.3 is 0 Å². The van der Waals surface area contributed by atoms with Crippen LogP contribution < -0.4 is 10.9 Å². The largest absolute Gasteiger partial charge is 0.322 e. The number of anilines is 1. The SMILES string of the molecule is O=C(Nc1c[c]ccc1)c1cnc2sccn2c1=O. The number of hydrogen-bond donors (Lipinski definition) is 1. The predicted octanol–water partition coefficient (Wildman–Crippen LogP) is 1.81. The maximum Gasteiger partial charge on any atom is 0.271 e. The average Bonchev–Trinajstić information content (AvgIpc) is 2.89. The van der Waals surface area contributed by atoms with Gasteiger partial charge in [-0.3, -0.25) is 14.0 Å². The van der Waals surface area contributed by atoms with Crippen molar-refractivity contribution in [2.24, 2.45) is 0 Å². The molecule has 1 amide bonds. The van der Waals surface area contributed by atoms with Gasteiger partial charge < -0.3 is 5.32 Å². The fraction of sp³-hybridized carbons (Fsp3) is 0. The van der Waals surface area contributed by atoms with Gasteiger partial charge in [0.05, 0.1) is 0 Å². The number of nitrogens with zero attached hydrogens (tertiary/aromatic N) is 2. The number of nitrogens with one attached hydrogen (secondary N) is 1. The molecule has 2 aromatic heterocycles. The van der Waals surface area contributed by atoms with E-state index >= 15 is 0 Å². The molecule has 0 atom stereocenters. The van der Waals surface area contributed by atoms with E-state index in [-0.39, 0.29) is 11.1 Å². The lowest BCUT2D eigenvalue weighted by atomic mass is 10.2. The van der Waals surface area contributed by atoms with Gasteiger partial charge in [-0.2, -0.15) is 0 Å². The third-order valence-corrected chi connectivity index (χ3v) is 3.32. The molecule has 3 aromatic rings. The second-order valence-corrected chi connectivity index (χ2v) is 4.65. The number of benzene rings is 1. The standard InChI is InChI=1S/C13H8N3O2S/c17-11(15-9-4-2-1-3-5-9)10-8-14-13-16(12(10)18)6-7-19-13/h1-2,4-8H,(H,15,17). The van der Waals surface area contributed by atoms with Gasteiger partial charge in [-0.05, 0) is 18.2 Å². The highest BCUT2D eigenvalue weighted by Crippen LogP contribution is 2.08. The highest BCUT2D eigenvalue weighted by atomic mass is 32.1. The molecule has 93 valence electrons. The highest BCUT2D eigenvalue weighted by Gasteiger charge is 2.13. The number of aromatic nitrogens is 2. The van der Waals surface area contributed by atoms with E-state index in [1.807, 2.05) is 0 Å². The van der Waals surface area contributed by atoms with Crippen molar-refractivity contribution in [2.75, 3.05) is 5.32 Å². The Labute approximate surface area is 112 Å². The zero-order valence-electron chi connectivity index (χ0n) is 9.66. The number of fused-ring (bicyclic) bond motifs is 1. The van der Waals surface area contributed by atoms with Gasteiger partial charge in [0.15, 0.2) is 4.96 Å². The average molecular weight is 270 g/mol. The number of rotatable bonds is 2. The first-order chi connectivity index (χ1) is 9.25. The van der Waals surface area contributed by atoms with E-state index in [1.54, 1.807) is 35.8 Å². The number of carbonyl (C=O) groups excluding carboxylic acids is 1. The predicted molar refractivity (Wildman–Crippen MR) is 72.6 cm³/mol. The lowest BCUT2D eigenvalue weighted by Crippen LogP contribution is -2.25. The van der Waals surface area contributed by atoms with Crippen LogP contribution in [0.25, 0.3) is 4.96 Å². The minimum atomic E-state index is -0.474. The van der Waals surface area contributed by atoms with Crippen LogP contribution in [0.2, 0.25) is 0 Å². The van der Waals surface area contributed by atoms with Crippen LogP contribution in [0, 0.1) is 6.07 Å². The Kier molecular flexibility index (Phi) is 2.85. The van der Waals surface area contributed by atoms with Crippen molar-refractivity contribution in [2.45, 2.75) is 0 Å². The Morgan fingerprint density at radius 2 is 2.37 bits per heavy atom. The minimum absolute atomic E-state index is 0.0137. The van der Waals surface area contributed by atoms with Crippen molar-refractivity contribution in [1.82, 2.24) is 9.38 Å². The second-order valence-electron chi connectivity index (χ2n) is 3.78. The molecular formula is C13H8N3O2S. The Hall–Kier alpha value is -2.47. The molecule has 3 rings (SSSR count). The van der Waals surface area contributed by atoms with Crippen molar-refractivity contribution in [1.29, 1.82) is 0 Å². The summed E-state index contributed by atoms with van der Waals surface area (Å²) in [6.45, 7) is 0. The summed E-state index contributed by atoms with van der Waals surface area (Å²) in [4.78, 5) is 28.7. The zero-order chi connectivity index (χ0) is 13.2. The first-order valence-electron chi connectivity index (χ1n) is 5.48. The van der Waals surface area contributed by atoms with E-state index in [0.717, 1.165) is 0 Å². The monoisotopic (exact) mass is 270 g/mol. The summed E-state index contributed by atoms with van der Waals surface area (Å²) < 4.78 is 1.36. The lowest BCUT2D eigenvalue weighted by molar-refractivity contribution is 0.102. The van der Waals surface area contributed by atoms with Crippen LogP contribution in [0.5, 0.6) is 0 Å². The summed E-state index contributed by atoms with van der Waals surface area (Å²) in [7, 11) is 0. The molecule has 0 aliphatic rings. The summed E-state index contributed by atoms with van der Waals surface area (Å²) in [5.41, 5.74) is 0.228. The second kappa shape index (κ2) is 4.66. The molecule has 0 saturated carbocycles. The molecule has 1 N–H and O–H groups in total. The summed E-state index contributed by atoms with van der Waals surface area (Å²) in [6.07, 6.45) is 2.90. The molecule has 19 heavy (non-hydrogen) atoms. The zero-order valence-corrected chi connectivity index (χ0v) is 10.5. The van der Waals surface area contributed by atoms with Crippen molar-refractivity contribution in [3.05, 3.63) is 64.0 Å². The van der Waals surface area contributed by atoms with Crippen LogP contribution in [0.15, 0.2) is 46.8 Å². The maximum absolute atomic E-state index is 12.1. The maximum atomic E-state index is 12.1. The molecule has 0 aliphatic heterocycles. The molecule has 0 unspecified atom stereocenters. The van der Waals surface area contributed by atoms with E-state index in [2.05, 4.69) is 16.4 Å². The molecule has 0 bridgehead atoms. The summed E-state index contributed by atoms with van der Waals surface area (Å²) in [5.74, 6) is -0.474. The van der Waals surface area contributed by atoms with Crippen molar-refractivity contribution >= 4 is 27.9 Å². The number of carbonyl (C=O) groups is 1. The summed E-state index contributed by atoms with van der Waals surface area (Å²) >= 11 is 1.34. The molecule has 1 aromatic carbocycles. The smallest absolute Gasteiger partial charge is 0.271 e. The molecular weight excluding hydrogens is 262 g/mol. The number of hydrogen-bond acceptors (Lipinski definition) is 4. The van der Waals surface area contributed by atoms with E-state index < -0.39 is 5.91 Å². The van der Waals surface area contributed by atoms with Crippen LogP contribution in [0.4, 0.5) is 5.69 Å². The quantitative estimate of drug-likeness (QED) is 0.772. The Morgan fingerprint density at radius 1 is 1.47 bits per heavy atom. The Bertz CT molecular complexity index is 792. The Morgan fingerprint density at radius 3 is 3.16 bits per heavy atom. The molecule has 0 saturated heterocycles. The third-order valence-electron chi connectivity index (χ3n) is 2.55. The Balaban J connectivity index is 1.98. The van der Waals surface area contributed by atoms with E-state index in [0.29, 0.717) is 10.6 Å². The molecule has 5 nitrogen and oxygen atoms in total. The van der Waals surface area contributed by atoms with Gasteiger partial charge in [0.25, 0.3) is 11.5 Å².